The first-order valence-electron chi connectivity index (χ1n) is 9.70. The van der Waals surface area contributed by atoms with Gasteiger partial charge in [0.05, 0.1) is 0 Å². The SMILES string of the molecule is C=CCNC(=S)Nc1nc(N2CCCCC2)cc(N2CCC[C@@H](C)C2)n1. The highest BCUT2D eigenvalue weighted by Crippen LogP contribution is 2.27. The van der Waals surface area contributed by atoms with Crippen LogP contribution in [0, 0.1) is 5.92 Å². The van der Waals surface area contributed by atoms with Crippen LogP contribution in [0.4, 0.5) is 17.6 Å². The molecule has 0 aliphatic carbocycles. The van der Waals surface area contributed by atoms with E-state index in [1.165, 1.54) is 32.1 Å². The molecule has 0 radical (unpaired) electrons. The van der Waals surface area contributed by atoms with Gasteiger partial charge in [-0.15, -0.1) is 6.58 Å². The number of thiocarbonyl (C=S) groups is 1. The maximum atomic E-state index is 5.34. The molecule has 0 aromatic carbocycles. The van der Waals surface area contributed by atoms with Gasteiger partial charge in [-0.2, -0.15) is 9.97 Å². The summed E-state index contributed by atoms with van der Waals surface area (Å²) in [5.74, 6) is 3.27. The first kappa shape index (κ1) is 18.9. The monoisotopic (exact) mass is 374 g/mol. The summed E-state index contributed by atoms with van der Waals surface area (Å²) in [6.07, 6.45) is 8.04. The summed E-state index contributed by atoms with van der Waals surface area (Å²) < 4.78 is 0. The van der Waals surface area contributed by atoms with Gasteiger partial charge in [-0.05, 0) is 50.2 Å². The fraction of sp³-hybridized carbons (Fsp3) is 0.632. The lowest BCUT2D eigenvalue weighted by molar-refractivity contribution is 0.444. The second-order valence-corrected chi connectivity index (χ2v) is 7.68. The minimum atomic E-state index is 0.527. The molecule has 3 heterocycles. The molecular weight excluding hydrogens is 344 g/mol. The summed E-state index contributed by atoms with van der Waals surface area (Å²) in [6, 6.07) is 2.15. The minimum Gasteiger partial charge on any atom is -0.359 e. The van der Waals surface area contributed by atoms with Crippen molar-refractivity contribution >= 4 is 34.9 Å². The van der Waals surface area contributed by atoms with Crippen LogP contribution in [0.3, 0.4) is 0 Å². The van der Waals surface area contributed by atoms with E-state index < -0.39 is 0 Å². The second-order valence-electron chi connectivity index (χ2n) is 7.27. The van der Waals surface area contributed by atoms with E-state index in [0.29, 0.717) is 23.5 Å². The van der Waals surface area contributed by atoms with E-state index in [0.717, 1.165) is 37.8 Å². The minimum absolute atomic E-state index is 0.527. The largest absolute Gasteiger partial charge is 0.359 e. The molecule has 0 spiro atoms. The Hall–Kier alpha value is -1.89. The molecule has 3 rings (SSSR count). The Kier molecular flexibility index (Phi) is 6.66. The van der Waals surface area contributed by atoms with Crippen LogP contribution >= 0.6 is 12.2 Å². The first-order chi connectivity index (χ1) is 12.7. The fourth-order valence-corrected chi connectivity index (χ4v) is 3.81. The summed E-state index contributed by atoms with van der Waals surface area (Å²) >= 11 is 5.34. The van der Waals surface area contributed by atoms with Gasteiger partial charge < -0.3 is 20.4 Å². The van der Waals surface area contributed by atoms with Crippen molar-refractivity contribution in [3.05, 3.63) is 18.7 Å². The highest BCUT2D eigenvalue weighted by atomic mass is 32.1. The van der Waals surface area contributed by atoms with Gasteiger partial charge in [-0.3, -0.25) is 0 Å². The molecule has 142 valence electrons. The maximum Gasteiger partial charge on any atom is 0.232 e. The van der Waals surface area contributed by atoms with Crippen LogP contribution in [0.1, 0.15) is 39.0 Å². The molecule has 0 bridgehead atoms. The zero-order chi connectivity index (χ0) is 18.4. The van der Waals surface area contributed by atoms with Crippen LogP contribution < -0.4 is 20.4 Å². The van der Waals surface area contributed by atoms with E-state index in [1.54, 1.807) is 6.08 Å². The van der Waals surface area contributed by atoms with Gasteiger partial charge >= 0.3 is 0 Å². The molecule has 1 aromatic heterocycles. The lowest BCUT2D eigenvalue weighted by atomic mass is 10.0. The molecular formula is C19H30N6S. The lowest BCUT2D eigenvalue weighted by Gasteiger charge is -2.33. The predicted molar refractivity (Wildman–Crippen MR) is 113 cm³/mol. The van der Waals surface area contributed by atoms with E-state index in [1.807, 2.05) is 0 Å². The summed E-state index contributed by atoms with van der Waals surface area (Å²) in [7, 11) is 0. The van der Waals surface area contributed by atoms with Crippen molar-refractivity contribution in [2.45, 2.75) is 39.0 Å². The van der Waals surface area contributed by atoms with Crippen molar-refractivity contribution in [3.8, 4) is 0 Å². The molecule has 2 aliphatic heterocycles. The van der Waals surface area contributed by atoms with E-state index in [2.05, 4.69) is 40.0 Å². The van der Waals surface area contributed by atoms with Gasteiger partial charge in [0.25, 0.3) is 0 Å². The smallest absolute Gasteiger partial charge is 0.232 e. The Balaban J connectivity index is 1.83. The van der Waals surface area contributed by atoms with Crippen molar-refractivity contribution in [1.29, 1.82) is 0 Å². The number of nitrogens with one attached hydrogen (secondary N) is 2. The number of hydrogen-bond acceptors (Lipinski definition) is 5. The molecule has 1 atom stereocenters. The zero-order valence-electron chi connectivity index (χ0n) is 15.7. The molecule has 1 aromatic rings. The van der Waals surface area contributed by atoms with Crippen LogP contribution in [-0.4, -0.2) is 47.8 Å². The molecule has 6 nitrogen and oxygen atoms in total. The van der Waals surface area contributed by atoms with Crippen LogP contribution in [0.2, 0.25) is 0 Å². The average Bonchev–Trinajstić information content (AvgIpc) is 2.67. The van der Waals surface area contributed by atoms with E-state index in [-0.39, 0.29) is 0 Å². The van der Waals surface area contributed by atoms with E-state index in [9.17, 15) is 0 Å². The molecule has 0 unspecified atom stereocenters. The quantitative estimate of drug-likeness (QED) is 0.606. The van der Waals surface area contributed by atoms with Crippen LogP contribution in [0.5, 0.6) is 0 Å². The lowest BCUT2D eigenvalue weighted by Crippen LogP contribution is -2.36. The standard InChI is InChI=1S/C19H30N6S/c1-3-9-20-19(26)23-18-21-16(24-10-5-4-6-11-24)13-17(22-18)25-12-7-8-15(2)14-25/h3,13,15H,1,4-12,14H2,2H3,(H2,20,21,22,23,26)/t15-/m1/s1. The summed E-state index contributed by atoms with van der Waals surface area (Å²) in [5, 5.41) is 6.75. The molecule has 26 heavy (non-hydrogen) atoms. The third-order valence-electron chi connectivity index (χ3n) is 4.99. The number of nitrogens with zero attached hydrogens (tertiary/aromatic N) is 4. The number of aromatic nitrogens is 2. The molecule has 2 N–H and O–H groups in total. The number of piperidine rings is 2. The average molecular weight is 375 g/mol. The van der Waals surface area contributed by atoms with Crippen molar-refractivity contribution in [1.82, 2.24) is 15.3 Å². The van der Waals surface area contributed by atoms with Crippen LogP contribution in [0.15, 0.2) is 18.7 Å². The van der Waals surface area contributed by atoms with Crippen molar-refractivity contribution in [2.24, 2.45) is 5.92 Å². The summed E-state index contributed by atoms with van der Waals surface area (Å²) in [4.78, 5) is 14.3. The maximum absolute atomic E-state index is 5.34. The molecule has 0 saturated carbocycles. The third kappa shape index (κ3) is 5.06. The predicted octanol–water partition coefficient (Wildman–Crippen LogP) is 3.18. The highest BCUT2D eigenvalue weighted by molar-refractivity contribution is 7.80. The number of rotatable bonds is 5. The molecule has 0 amide bonds. The first-order valence-corrected chi connectivity index (χ1v) is 10.1. The van der Waals surface area contributed by atoms with Gasteiger partial charge in [0.2, 0.25) is 5.95 Å². The van der Waals surface area contributed by atoms with Gasteiger partial charge in [0, 0.05) is 38.8 Å². The topological polar surface area (TPSA) is 56.3 Å². The van der Waals surface area contributed by atoms with E-state index >= 15 is 0 Å². The van der Waals surface area contributed by atoms with Crippen LogP contribution in [-0.2, 0) is 0 Å². The Bertz CT molecular complexity index is 628. The van der Waals surface area contributed by atoms with Crippen molar-refractivity contribution in [2.75, 3.05) is 47.8 Å². The highest BCUT2D eigenvalue weighted by Gasteiger charge is 2.21. The summed E-state index contributed by atoms with van der Waals surface area (Å²) in [6.45, 7) is 10.9. The Morgan fingerprint density at radius 1 is 1.19 bits per heavy atom. The number of anilines is 3. The molecule has 2 aliphatic rings. The van der Waals surface area contributed by atoms with E-state index in [4.69, 9.17) is 22.2 Å². The van der Waals surface area contributed by atoms with Gasteiger partial charge in [-0.25, -0.2) is 0 Å². The Morgan fingerprint density at radius 2 is 1.88 bits per heavy atom. The van der Waals surface area contributed by atoms with Crippen LogP contribution in [0.25, 0.3) is 0 Å². The van der Waals surface area contributed by atoms with Crippen molar-refractivity contribution < 1.29 is 0 Å². The molecule has 2 saturated heterocycles. The second kappa shape index (κ2) is 9.16. The summed E-state index contributed by atoms with van der Waals surface area (Å²) in [5.41, 5.74) is 0. The normalized spacial score (nSPS) is 20.6. The Morgan fingerprint density at radius 3 is 2.58 bits per heavy atom. The molecule has 7 heteroatoms. The zero-order valence-corrected chi connectivity index (χ0v) is 16.5. The third-order valence-corrected chi connectivity index (χ3v) is 5.24. The van der Waals surface area contributed by atoms with Gasteiger partial charge in [-0.1, -0.05) is 13.0 Å². The fourth-order valence-electron chi connectivity index (χ4n) is 3.63. The van der Waals surface area contributed by atoms with Crippen molar-refractivity contribution in [3.63, 3.8) is 0 Å². The van der Waals surface area contributed by atoms with Gasteiger partial charge in [0.1, 0.15) is 11.6 Å². The van der Waals surface area contributed by atoms with Gasteiger partial charge in [0.15, 0.2) is 5.11 Å². The number of hydrogen-bond donors (Lipinski definition) is 2. The molecule has 2 fully saturated rings. The Labute approximate surface area is 162 Å².